The molecule has 0 spiro atoms. The molecule has 0 saturated carbocycles. The molecule has 82 valence electrons. The van der Waals surface area contributed by atoms with Crippen LogP contribution in [-0.4, -0.2) is 16.5 Å². The highest BCUT2D eigenvalue weighted by Crippen LogP contribution is 2.25. The maximum Gasteiger partial charge on any atom is 0.287 e. The smallest absolute Gasteiger partial charge is 0.287 e. The first-order chi connectivity index (χ1) is 6.97. The molecule has 0 bridgehead atoms. The minimum absolute atomic E-state index is 0.0160. The van der Waals surface area contributed by atoms with E-state index in [1.807, 2.05) is 13.8 Å². The van der Waals surface area contributed by atoms with Crippen molar-refractivity contribution < 1.29 is 4.92 Å². The summed E-state index contributed by atoms with van der Waals surface area (Å²) in [5.41, 5.74) is 6.21. The van der Waals surface area contributed by atoms with E-state index in [0.717, 1.165) is 12.1 Å². The van der Waals surface area contributed by atoms with Crippen LogP contribution in [-0.2, 0) is 5.41 Å². The van der Waals surface area contributed by atoms with Gasteiger partial charge in [0.15, 0.2) is 0 Å². The first-order valence-electron chi connectivity index (χ1n) is 4.78. The molecule has 0 aliphatic carbocycles. The molecule has 0 radical (unpaired) electrons. The Balaban J connectivity index is 2.93. The van der Waals surface area contributed by atoms with Gasteiger partial charge in [0.05, 0.1) is 4.92 Å². The molecule has 0 aliphatic heterocycles. The molecule has 2 N–H and O–H groups in total. The molecule has 0 aliphatic rings. The number of rotatable bonds is 4. The van der Waals surface area contributed by atoms with Crippen molar-refractivity contribution >= 4 is 5.69 Å². The largest absolute Gasteiger partial charge is 0.330 e. The van der Waals surface area contributed by atoms with Gasteiger partial charge in [0.2, 0.25) is 0 Å². The predicted molar refractivity (Wildman–Crippen MR) is 57.6 cm³/mol. The molecule has 5 heteroatoms. The van der Waals surface area contributed by atoms with E-state index in [2.05, 4.69) is 4.98 Å². The number of pyridine rings is 1. The second-order valence-corrected chi connectivity index (χ2v) is 4.08. The zero-order valence-electron chi connectivity index (χ0n) is 8.93. The number of nitrogens with zero attached hydrogens (tertiary/aromatic N) is 2. The van der Waals surface area contributed by atoms with Crippen LogP contribution < -0.4 is 5.73 Å². The van der Waals surface area contributed by atoms with Gasteiger partial charge in [-0.15, -0.1) is 0 Å². The summed E-state index contributed by atoms with van der Waals surface area (Å²) in [6.45, 7) is 4.62. The van der Waals surface area contributed by atoms with Crippen LogP contribution in [0.1, 0.15) is 26.0 Å². The Hall–Kier alpha value is -1.49. The van der Waals surface area contributed by atoms with Crippen LogP contribution in [0, 0.1) is 10.1 Å². The first kappa shape index (κ1) is 11.6. The lowest BCUT2D eigenvalue weighted by molar-refractivity contribution is -0.385. The molecule has 5 nitrogen and oxygen atoms in total. The molecule has 0 amide bonds. The molecule has 1 heterocycles. The van der Waals surface area contributed by atoms with Gasteiger partial charge in [-0.25, -0.2) is 0 Å². The highest BCUT2D eigenvalue weighted by molar-refractivity contribution is 5.29. The van der Waals surface area contributed by atoms with Crippen LogP contribution in [0.3, 0.4) is 0 Å². The highest BCUT2D eigenvalue weighted by atomic mass is 16.6. The van der Waals surface area contributed by atoms with E-state index in [-0.39, 0.29) is 11.1 Å². The second kappa shape index (κ2) is 4.35. The lowest BCUT2D eigenvalue weighted by Crippen LogP contribution is -2.22. The lowest BCUT2D eigenvalue weighted by Gasteiger charge is -2.22. The Kier molecular flexibility index (Phi) is 3.36. The highest BCUT2D eigenvalue weighted by Gasteiger charge is 2.21. The predicted octanol–water partition coefficient (Wildman–Crippen LogP) is 1.62. The standard InChI is InChI=1S/C10H15N3O2/c1-10(2,5-6-11)9-4-3-8(7-12-9)13(14)15/h3-4,7H,5-6,11H2,1-2H3. The zero-order chi connectivity index (χ0) is 11.5. The monoisotopic (exact) mass is 209 g/mol. The van der Waals surface area contributed by atoms with Crippen molar-refractivity contribution in [3.8, 4) is 0 Å². The van der Waals surface area contributed by atoms with E-state index in [4.69, 9.17) is 5.73 Å². The topological polar surface area (TPSA) is 82.0 Å². The molecule has 1 rings (SSSR count). The third-order valence-corrected chi connectivity index (χ3v) is 2.42. The molecular formula is C10H15N3O2. The average molecular weight is 209 g/mol. The van der Waals surface area contributed by atoms with Gasteiger partial charge < -0.3 is 5.73 Å². The first-order valence-corrected chi connectivity index (χ1v) is 4.78. The molecule has 1 aromatic rings. The van der Waals surface area contributed by atoms with Crippen molar-refractivity contribution in [2.75, 3.05) is 6.54 Å². The Morgan fingerprint density at radius 1 is 1.53 bits per heavy atom. The van der Waals surface area contributed by atoms with E-state index in [0.29, 0.717) is 6.54 Å². The van der Waals surface area contributed by atoms with Gasteiger partial charge in [-0.3, -0.25) is 15.1 Å². The van der Waals surface area contributed by atoms with Gasteiger partial charge in [-0.2, -0.15) is 0 Å². The van der Waals surface area contributed by atoms with E-state index in [1.54, 1.807) is 6.07 Å². The van der Waals surface area contributed by atoms with Crippen LogP contribution in [0.2, 0.25) is 0 Å². The molecule has 0 saturated heterocycles. The van der Waals surface area contributed by atoms with Crippen molar-refractivity contribution in [2.45, 2.75) is 25.7 Å². The number of hydrogen-bond donors (Lipinski definition) is 1. The molecule has 0 fully saturated rings. The summed E-state index contributed by atoms with van der Waals surface area (Å²) in [5.74, 6) is 0. The normalized spacial score (nSPS) is 11.4. The van der Waals surface area contributed by atoms with Gasteiger partial charge in [0.25, 0.3) is 5.69 Å². The molecule has 0 atom stereocenters. The van der Waals surface area contributed by atoms with Crippen molar-refractivity contribution in [1.82, 2.24) is 4.98 Å². The summed E-state index contributed by atoms with van der Waals surface area (Å²) in [4.78, 5) is 14.1. The SMILES string of the molecule is CC(C)(CCN)c1ccc([N+](=O)[O-])cn1. The molecule has 1 aromatic heterocycles. The Morgan fingerprint density at radius 3 is 2.60 bits per heavy atom. The number of nitrogens with two attached hydrogens (primary N) is 1. The van der Waals surface area contributed by atoms with Gasteiger partial charge in [0.1, 0.15) is 6.20 Å². The fourth-order valence-corrected chi connectivity index (χ4v) is 1.38. The third kappa shape index (κ3) is 2.73. The summed E-state index contributed by atoms with van der Waals surface area (Å²) in [6, 6.07) is 3.16. The van der Waals surface area contributed by atoms with Gasteiger partial charge >= 0.3 is 0 Å². The summed E-state index contributed by atoms with van der Waals surface area (Å²) in [6.07, 6.45) is 2.09. The van der Waals surface area contributed by atoms with E-state index in [1.165, 1.54) is 12.3 Å². The maximum absolute atomic E-state index is 10.4. The number of hydrogen-bond acceptors (Lipinski definition) is 4. The maximum atomic E-state index is 10.4. The van der Waals surface area contributed by atoms with E-state index in [9.17, 15) is 10.1 Å². The van der Waals surface area contributed by atoms with E-state index < -0.39 is 4.92 Å². The molecule has 0 aromatic carbocycles. The Labute approximate surface area is 88.5 Å². The summed E-state index contributed by atoms with van der Waals surface area (Å²) >= 11 is 0. The molecule has 15 heavy (non-hydrogen) atoms. The summed E-state index contributed by atoms with van der Waals surface area (Å²) in [7, 11) is 0. The average Bonchev–Trinajstić information content (AvgIpc) is 2.18. The second-order valence-electron chi connectivity index (χ2n) is 4.08. The number of nitro groups is 1. The minimum Gasteiger partial charge on any atom is -0.330 e. The van der Waals surface area contributed by atoms with Crippen LogP contribution in [0.4, 0.5) is 5.69 Å². The lowest BCUT2D eigenvalue weighted by atomic mass is 9.85. The molecule has 0 unspecified atom stereocenters. The van der Waals surface area contributed by atoms with Crippen LogP contribution >= 0.6 is 0 Å². The fraction of sp³-hybridized carbons (Fsp3) is 0.500. The van der Waals surface area contributed by atoms with Gasteiger partial charge in [-0.1, -0.05) is 13.8 Å². The minimum atomic E-state index is -0.452. The Bertz CT molecular complexity index is 346. The number of aromatic nitrogens is 1. The van der Waals surface area contributed by atoms with Crippen molar-refractivity contribution in [3.63, 3.8) is 0 Å². The van der Waals surface area contributed by atoms with Crippen LogP contribution in [0.5, 0.6) is 0 Å². The van der Waals surface area contributed by atoms with Crippen molar-refractivity contribution in [1.29, 1.82) is 0 Å². The van der Waals surface area contributed by atoms with Crippen LogP contribution in [0.15, 0.2) is 18.3 Å². The quantitative estimate of drug-likeness (QED) is 0.603. The van der Waals surface area contributed by atoms with Gasteiger partial charge in [0, 0.05) is 17.2 Å². The fourth-order valence-electron chi connectivity index (χ4n) is 1.38. The summed E-state index contributed by atoms with van der Waals surface area (Å²) < 4.78 is 0. The van der Waals surface area contributed by atoms with Crippen molar-refractivity contribution in [2.24, 2.45) is 5.73 Å². The summed E-state index contributed by atoms with van der Waals surface area (Å²) in [5, 5.41) is 10.4. The van der Waals surface area contributed by atoms with Crippen molar-refractivity contribution in [3.05, 3.63) is 34.1 Å². The van der Waals surface area contributed by atoms with Crippen LogP contribution in [0.25, 0.3) is 0 Å². The zero-order valence-corrected chi connectivity index (χ0v) is 8.93. The Morgan fingerprint density at radius 2 is 2.20 bits per heavy atom. The third-order valence-electron chi connectivity index (χ3n) is 2.42. The van der Waals surface area contributed by atoms with Gasteiger partial charge in [-0.05, 0) is 19.0 Å². The molecular weight excluding hydrogens is 194 g/mol. The van der Waals surface area contributed by atoms with E-state index >= 15 is 0 Å².